The highest BCUT2D eigenvalue weighted by Gasteiger charge is 2.06. The molecule has 0 saturated carbocycles. The van der Waals surface area contributed by atoms with Crippen molar-refractivity contribution in [2.24, 2.45) is 0 Å². The zero-order chi connectivity index (χ0) is 12.3. The summed E-state index contributed by atoms with van der Waals surface area (Å²) in [5, 5.41) is 3.81. The quantitative estimate of drug-likeness (QED) is 0.849. The summed E-state index contributed by atoms with van der Waals surface area (Å²) in [5.41, 5.74) is 3.11. The maximum atomic E-state index is 6.05. The van der Waals surface area contributed by atoms with E-state index >= 15 is 0 Å². The maximum Gasteiger partial charge on any atom is 0.152 e. The number of nitrogens with zero attached hydrogens (tertiary/aromatic N) is 3. The molecule has 5 heteroatoms. The summed E-state index contributed by atoms with van der Waals surface area (Å²) >= 11 is 6.05. The first-order valence-corrected chi connectivity index (χ1v) is 5.94. The van der Waals surface area contributed by atoms with Crippen molar-refractivity contribution in [3.63, 3.8) is 0 Å². The van der Waals surface area contributed by atoms with Gasteiger partial charge in [0.15, 0.2) is 5.15 Å². The number of halogens is 1. The fraction of sp³-hybridized carbons (Fsp3) is 0.333. The zero-order valence-corrected chi connectivity index (χ0v) is 10.7. The molecule has 0 aliphatic carbocycles. The Labute approximate surface area is 106 Å². The largest absolute Gasteiger partial charge is 0.377 e. The van der Waals surface area contributed by atoms with Crippen LogP contribution < -0.4 is 5.32 Å². The van der Waals surface area contributed by atoms with Crippen molar-refractivity contribution >= 4 is 17.3 Å². The molecule has 1 N–H and O–H groups in total. The second-order valence-electron chi connectivity index (χ2n) is 3.82. The van der Waals surface area contributed by atoms with E-state index in [1.807, 2.05) is 25.5 Å². The monoisotopic (exact) mass is 250 g/mol. The molecule has 17 heavy (non-hydrogen) atoms. The van der Waals surface area contributed by atoms with Crippen LogP contribution in [0.4, 0.5) is 5.69 Å². The molecular weight excluding hydrogens is 236 g/mol. The van der Waals surface area contributed by atoms with Crippen LogP contribution in [0.1, 0.15) is 18.2 Å². The van der Waals surface area contributed by atoms with Crippen LogP contribution in [0.25, 0.3) is 0 Å². The number of anilines is 1. The van der Waals surface area contributed by atoms with Crippen molar-refractivity contribution in [1.82, 2.24) is 14.5 Å². The number of aromatic nitrogens is 3. The minimum absolute atomic E-state index is 0.507. The fourth-order valence-electron chi connectivity index (χ4n) is 1.70. The molecule has 0 radical (unpaired) electrons. The predicted molar refractivity (Wildman–Crippen MR) is 69.2 cm³/mol. The topological polar surface area (TPSA) is 42.7 Å². The number of pyridine rings is 1. The molecule has 0 fully saturated rings. The van der Waals surface area contributed by atoms with Crippen LogP contribution in [0.5, 0.6) is 0 Å². The lowest BCUT2D eigenvalue weighted by Crippen LogP contribution is -2.07. The van der Waals surface area contributed by atoms with Gasteiger partial charge in [0.1, 0.15) is 0 Å². The molecule has 2 aromatic rings. The van der Waals surface area contributed by atoms with Gasteiger partial charge in [-0.2, -0.15) is 0 Å². The summed E-state index contributed by atoms with van der Waals surface area (Å²) < 4.78 is 2.09. The third-order valence-electron chi connectivity index (χ3n) is 2.70. The number of hydrogen-bond acceptors (Lipinski definition) is 3. The normalized spacial score (nSPS) is 10.5. The lowest BCUT2D eigenvalue weighted by atomic mass is 10.2. The van der Waals surface area contributed by atoms with Crippen molar-refractivity contribution in [2.75, 3.05) is 5.32 Å². The van der Waals surface area contributed by atoms with Gasteiger partial charge in [-0.25, -0.2) is 9.97 Å². The van der Waals surface area contributed by atoms with Crippen LogP contribution in [0.3, 0.4) is 0 Å². The smallest absolute Gasteiger partial charge is 0.152 e. The van der Waals surface area contributed by atoms with Crippen molar-refractivity contribution in [1.29, 1.82) is 0 Å². The van der Waals surface area contributed by atoms with Crippen molar-refractivity contribution in [2.45, 2.75) is 26.9 Å². The number of nitrogens with one attached hydrogen (secondary N) is 1. The highest BCUT2D eigenvalue weighted by molar-refractivity contribution is 6.32. The molecule has 4 nitrogen and oxygen atoms in total. The Kier molecular flexibility index (Phi) is 3.64. The van der Waals surface area contributed by atoms with Crippen LogP contribution in [-0.4, -0.2) is 14.5 Å². The van der Waals surface area contributed by atoms with Gasteiger partial charge in [-0.1, -0.05) is 11.6 Å². The molecule has 2 rings (SSSR count). The Balaban J connectivity index is 2.13. The second-order valence-corrected chi connectivity index (χ2v) is 4.18. The summed E-state index contributed by atoms with van der Waals surface area (Å²) in [6, 6.07) is 1.94. The molecule has 0 aliphatic rings. The van der Waals surface area contributed by atoms with E-state index in [0.717, 1.165) is 23.5 Å². The summed E-state index contributed by atoms with van der Waals surface area (Å²) in [6.07, 6.45) is 5.39. The Morgan fingerprint density at radius 3 is 3.00 bits per heavy atom. The molecule has 0 aliphatic heterocycles. The van der Waals surface area contributed by atoms with E-state index in [2.05, 4.69) is 26.8 Å². The van der Waals surface area contributed by atoms with E-state index < -0.39 is 0 Å². The number of rotatable bonds is 4. The lowest BCUT2D eigenvalue weighted by Gasteiger charge is -2.11. The first-order valence-electron chi connectivity index (χ1n) is 5.56. The Morgan fingerprint density at radius 1 is 1.47 bits per heavy atom. The lowest BCUT2D eigenvalue weighted by molar-refractivity contribution is 0.719. The molecule has 2 aromatic heterocycles. The van der Waals surface area contributed by atoms with Crippen LogP contribution in [-0.2, 0) is 13.1 Å². The van der Waals surface area contributed by atoms with Crippen molar-refractivity contribution < 1.29 is 0 Å². The average molecular weight is 251 g/mol. The van der Waals surface area contributed by atoms with E-state index in [4.69, 9.17) is 11.6 Å². The minimum atomic E-state index is 0.507. The molecule has 0 amide bonds. The molecular formula is C12H15ClN4. The van der Waals surface area contributed by atoms with E-state index in [0.29, 0.717) is 11.7 Å². The highest BCUT2D eigenvalue weighted by Crippen LogP contribution is 2.23. The van der Waals surface area contributed by atoms with E-state index in [-0.39, 0.29) is 0 Å². The third-order valence-corrected chi connectivity index (χ3v) is 2.99. The predicted octanol–water partition coefficient (Wildman–Crippen LogP) is 2.87. The Hall–Kier alpha value is -1.55. The zero-order valence-electron chi connectivity index (χ0n) is 9.94. The molecule has 0 bridgehead atoms. The van der Waals surface area contributed by atoms with Gasteiger partial charge in [-0.05, 0) is 25.5 Å². The van der Waals surface area contributed by atoms with Gasteiger partial charge in [0.05, 0.1) is 24.3 Å². The molecule has 0 unspecified atom stereocenters. The van der Waals surface area contributed by atoms with Crippen LogP contribution in [0, 0.1) is 6.92 Å². The van der Waals surface area contributed by atoms with Gasteiger partial charge in [0.2, 0.25) is 0 Å². The van der Waals surface area contributed by atoms with E-state index in [1.165, 1.54) is 0 Å². The second kappa shape index (κ2) is 5.19. The van der Waals surface area contributed by atoms with Gasteiger partial charge in [-0.15, -0.1) is 0 Å². The maximum absolute atomic E-state index is 6.05. The van der Waals surface area contributed by atoms with Crippen molar-refractivity contribution in [3.8, 4) is 0 Å². The minimum Gasteiger partial charge on any atom is -0.377 e. The molecule has 0 aromatic carbocycles. The first-order chi connectivity index (χ1) is 8.22. The van der Waals surface area contributed by atoms with Crippen LogP contribution in [0.2, 0.25) is 5.15 Å². The molecule has 90 valence electrons. The highest BCUT2D eigenvalue weighted by atomic mass is 35.5. The van der Waals surface area contributed by atoms with E-state index in [9.17, 15) is 0 Å². The Bertz CT molecular complexity index is 487. The molecule has 2 heterocycles. The fourth-order valence-corrected chi connectivity index (χ4v) is 1.97. The summed E-state index contributed by atoms with van der Waals surface area (Å²) in [4.78, 5) is 8.19. The van der Waals surface area contributed by atoms with Gasteiger partial charge >= 0.3 is 0 Å². The first kappa shape index (κ1) is 11.9. The van der Waals surface area contributed by atoms with Gasteiger partial charge in [0, 0.05) is 18.9 Å². The number of imidazole rings is 1. The molecule has 0 spiro atoms. The number of hydrogen-bond donors (Lipinski definition) is 1. The standard InChI is InChI=1S/C12H15ClN4/c1-3-17-8-14-6-10(17)7-16-11-9(2)4-5-15-12(11)13/h4-6,8,16H,3,7H2,1-2H3. The summed E-state index contributed by atoms with van der Waals surface area (Å²) in [5.74, 6) is 0. The van der Waals surface area contributed by atoms with Crippen LogP contribution >= 0.6 is 11.6 Å². The number of aryl methyl sites for hydroxylation is 2. The van der Waals surface area contributed by atoms with E-state index in [1.54, 1.807) is 6.20 Å². The Morgan fingerprint density at radius 2 is 2.29 bits per heavy atom. The van der Waals surface area contributed by atoms with Crippen LogP contribution in [0.15, 0.2) is 24.8 Å². The van der Waals surface area contributed by atoms with Gasteiger partial charge in [0.25, 0.3) is 0 Å². The SMILES string of the molecule is CCn1cncc1CNc1c(C)ccnc1Cl. The van der Waals surface area contributed by atoms with Gasteiger partial charge < -0.3 is 9.88 Å². The summed E-state index contributed by atoms with van der Waals surface area (Å²) in [6.45, 7) is 5.71. The average Bonchev–Trinajstić information content (AvgIpc) is 2.76. The van der Waals surface area contributed by atoms with Gasteiger partial charge in [-0.3, -0.25) is 0 Å². The molecule has 0 saturated heterocycles. The third kappa shape index (κ3) is 2.58. The summed E-state index contributed by atoms with van der Waals surface area (Å²) in [7, 11) is 0. The van der Waals surface area contributed by atoms with Crippen molar-refractivity contribution in [3.05, 3.63) is 41.2 Å². The molecule has 0 atom stereocenters.